The third-order valence-corrected chi connectivity index (χ3v) is 3.81. The smallest absolute Gasteiger partial charge is 0.255 e. The Labute approximate surface area is 150 Å². The van der Waals surface area contributed by atoms with Crippen LogP contribution in [0.1, 0.15) is 43.6 Å². The first kappa shape index (κ1) is 19.0. The Morgan fingerprint density at radius 1 is 1.04 bits per heavy atom. The zero-order chi connectivity index (χ0) is 18.3. The Hall–Kier alpha value is -2.33. The largest absolute Gasteiger partial charge is 0.491 e. The average Bonchev–Trinajstić information content (AvgIpc) is 2.58. The number of nitrogens with one attached hydrogen (secondary N) is 1. The number of carbonyl (C=O) groups is 1. The summed E-state index contributed by atoms with van der Waals surface area (Å²) in [6.07, 6.45) is 0. The van der Waals surface area contributed by atoms with Gasteiger partial charge in [-0.05, 0) is 42.2 Å². The molecule has 25 heavy (non-hydrogen) atoms. The number of ether oxygens (including phenoxy) is 2. The molecule has 2 rings (SSSR count). The summed E-state index contributed by atoms with van der Waals surface area (Å²) in [5, 5.41) is 2.91. The van der Waals surface area contributed by atoms with Crippen molar-refractivity contribution >= 4 is 11.6 Å². The van der Waals surface area contributed by atoms with E-state index in [0.29, 0.717) is 36.8 Å². The molecule has 4 nitrogen and oxygen atoms in total. The highest BCUT2D eigenvalue weighted by atomic mass is 16.5. The molecule has 1 N–H and O–H groups in total. The zero-order valence-corrected chi connectivity index (χ0v) is 15.5. The minimum absolute atomic E-state index is 0.0716. The van der Waals surface area contributed by atoms with Crippen LogP contribution in [0, 0.1) is 0 Å². The van der Waals surface area contributed by atoms with Gasteiger partial charge >= 0.3 is 0 Å². The second kappa shape index (κ2) is 8.67. The summed E-state index contributed by atoms with van der Waals surface area (Å²) in [6.45, 7) is 10.1. The summed E-state index contributed by atoms with van der Waals surface area (Å²) in [7, 11) is 0. The maximum Gasteiger partial charge on any atom is 0.255 e. The fourth-order valence-corrected chi connectivity index (χ4v) is 2.35. The zero-order valence-electron chi connectivity index (χ0n) is 15.5. The minimum Gasteiger partial charge on any atom is -0.491 e. The number of benzene rings is 2. The molecule has 134 valence electrons. The summed E-state index contributed by atoms with van der Waals surface area (Å²) in [5.41, 5.74) is 2.62. The van der Waals surface area contributed by atoms with E-state index in [9.17, 15) is 4.79 Å². The number of carbonyl (C=O) groups excluding carboxylic acids is 1. The summed E-state index contributed by atoms with van der Waals surface area (Å²) < 4.78 is 10.9. The normalized spacial score (nSPS) is 11.2. The van der Waals surface area contributed by atoms with E-state index in [1.165, 1.54) is 5.56 Å². The molecule has 0 saturated carbocycles. The number of hydrogen-bond donors (Lipinski definition) is 1. The lowest BCUT2D eigenvalue weighted by molar-refractivity contribution is 0.102. The first-order valence-electron chi connectivity index (χ1n) is 8.62. The number of hydrogen-bond acceptors (Lipinski definition) is 3. The van der Waals surface area contributed by atoms with E-state index in [0.717, 1.165) is 0 Å². The Morgan fingerprint density at radius 2 is 1.76 bits per heavy atom. The van der Waals surface area contributed by atoms with Gasteiger partial charge in [-0.1, -0.05) is 39.0 Å². The molecule has 0 unspecified atom stereocenters. The van der Waals surface area contributed by atoms with Gasteiger partial charge in [0.05, 0.1) is 6.61 Å². The number of anilines is 1. The van der Waals surface area contributed by atoms with Crippen LogP contribution in [-0.2, 0) is 10.2 Å². The maximum absolute atomic E-state index is 12.4. The van der Waals surface area contributed by atoms with E-state index in [2.05, 4.69) is 26.1 Å². The molecule has 0 aliphatic heterocycles. The van der Waals surface area contributed by atoms with Gasteiger partial charge in [0.15, 0.2) is 0 Å². The van der Waals surface area contributed by atoms with Gasteiger partial charge in [-0.2, -0.15) is 0 Å². The van der Waals surface area contributed by atoms with Crippen molar-refractivity contribution in [2.75, 3.05) is 25.1 Å². The third-order valence-electron chi connectivity index (χ3n) is 3.81. The summed E-state index contributed by atoms with van der Waals surface area (Å²) in [6, 6.07) is 15.1. The Bertz CT molecular complexity index is 687. The van der Waals surface area contributed by atoms with Crippen molar-refractivity contribution in [1.82, 2.24) is 0 Å². The lowest BCUT2D eigenvalue weighted by atomic mass is 9.87. The van der Waals surface area contributed by atoms with Crippen molar-refractivity contribution in [1.29, 1.82) is 0 Å². The van der Waals surface area contributed by atoms with E-state index >= 15 is 0 Å². The van der Waals surface area contributed by atoms with Gasteiger partial charge < -0.3 is 14.8 Å². The summed E-state index contributed by atoms with van der Waals surface area (Å²) in [4.78, 5) is 12.4. The lowest BCUT2D eigenvalue weighted by Crippen LogP contribution is -2.14. The van der Waals surface area contributed by atoms with Gasteiger partial charge in [0.2, 0.25) is 0 Å². The van der Waals surface area contributed by atoms with E-state index in [-0.39, 0.29) is 11.3 Å². The van der Waals surface area contributed by atoms with Crippen molar-refractivity contribution in [2.45, 2.75) is 33.1 Å². The topological polar surface area (TPSA) is 47.6 Å². The predicted molar refractivity (Wildman–Crippen MR) is 102 cm³/mol. The van der Waals surface area contributed by atoms with Crippen LogP contribution in [0.3, 0.4) is 0 Å². The van der Waals surface area contributed by atoms with Crippen molar-refractivity contribution in [3.63, 3.8) is 0 Å². The Balaban J connectivity index is 1.98. The Kier molecular flexibility index (Phi) is 6.59. The van der Waals surface area contributed by atoms with Gasteiger partial charge in [0.1, 0.15) is 12.4 Å². The van der Waals surface area contributed by atoms with Crippen molar-refractivity contribution in [3.8, 4) is 5.75 Å². The number of rotatable bonds is 7. The van der Waals surface area contributed by atoms with Crippen LogP contribution in [0.25, 0.3) is 0 Å². The van der Waals surface area contributed by atoms with E-state index in [4.69, 9.17) is 9.47 Å². The number of amides is 1. The van der Waals surface area contributed by atoms with E-state index < -0.39 is 0 Å². The van der Waals surface area contributed by atoms with E-state index in [1.54, 1.807) is 0 Å². The first-order valence-corrected chi connectivity index (χ1v) is 8.62. The molecule has 2 aromatic rings. The molecular weight excluding hydrogens is 314 g/mol. The Morgan fingerprint density at radius 3 is 2.40 bits per heavy atom. The minimum atomic E-state index is -0.132. The molecule has 0 spiro atoms. The molecule has 0 aliphatic carbocycles. The van der Waals surface area contributed by atoms with Crippen LogP contribution < -0.4 is 10.1 Å². The molecule has 0 heterocycles. The maximum atomic E-state index is 12.4. The second-order valence-electron chi connectivity index (χ2n) is 6.85. The molecule has 0 radical (unpaired) electrons. The van der Waals surface area contributed by atoms with Crippen molar-refractivity contribution in [3.05, 3.63) is 59.7 Å². The highest BCUT2D eigenvalue weighted by Gasteiger charge is 2.14. The van der Waals surface area contributed by atoms with Gasteiger partial charge in [0, 0.05) is 23.9 Å². The molecular formula is C21H27NO3. The molecule has 0 bridgehead atoms. The predicted octanol–water partition coefficient (Wildman–Crippen LogP) is 4.65. The van der Waals surface area contributed by atoms with Gasteiger partial charge in [-0.3, -0.25) is 4.79 Å². The van der Waals surface area contributed by atoms with Crippen molar-refractivity contribution < 1.29 is 14.3 Å². The lowest BCUT2D eigenvalue weighted by Gasteiger charge is -2.19. The summed E-state index contributed by atoms with van der Waals surface area (Å²) in [5.74, 6) is 0.576. The van der Waals surface area contributed by atoms with Crippen LogP contribution in [-0.4, -0.2) is 25.7 Å². The standard InChI is InChI=1S/C21H27NO3/c1-5-24-13-14-25-19-8-6-7-18(15-19)22-20(23)16-9-11-17(12-10-16)21(2,3)4/h6-12,15H,5,13-14H2,1-4H3,(H,22,23). The molecule has 0 atom stereocenters. The van der Waals surface area contributed by atoms with Crippen LogP contribution >= 0.6 is 0 Å². The fourth-order valence-electron chi connectivity index (χ4n) is 2.35. The third kappa shape index (κ3) is 5.91. The average molecular weight is 341 g/mol. The van der Waals surface area contributed by atoms with Gasteiger partial charge in [-0.25, -0.2) is 0 Å². The van der Waals surface area contributed by atoms with Crippen LogP contribution in [0.15, 0.2) is 48.5 Å². The first-order chi connectivity index (χ1) is 11.9. The van der Waals surface area contributed by atoms with Gasteiger partial charge in [0.25, 0.3) is 5.91 Å². The molecule has 0 fully saturated rings. The second-order valence-corrected chi connectivity index (χ2v) is 6.85. The van der Waals surface area contributed by atoms with Gasteiger partial charge in [-0.15, -0.1) is 0 Å². The molecule has 0 aromatic heterocycles. The van der Waals surface area contributed by atoms with E-state index in [1.807, 2.05) is 55.5 Å². The molecule has 0 aliphatic rings. The van der Waals surface area contributed by atoms with Crippen LogP contribution in [0.5, 0.6) is 5.75 Å². The van der Waals surface area contributed by atoms with Crippen molar-refractivity contribution in [2.24, 2.45) is 0 Å². The molecule has 1 amide bonds. The monoisotopic (exact) mass is 341 g/mol. The SMILES string of the molecule is CCOCCOc1cccc(NC(=O)c2ccc(C(C)(C)C)cc2)c1. The highest BCUT2D eigenvalue weighted by Crippen LogP contribution is 2.23. The molecule has 2 aromatic carbocycles. The van der Waals surface area contributed by atoms with Crippen LogP contribution in [0.4, 0.5) is 5.69 Å². The quantitative estimate of drug-likeness (QED) is 0.746. The van der Waals surface area contributed by atoms with Crippen LogP contribution in [0.2, 0.25) is 0 Å². The highest BCUT2D eigenvalue weighted by molar-refractivity contribution is 6.04. The molecule has 4 heteroatoms. The fraction of sp³-hybridized carbons (Fsp3) is 0.381. The molecule has 0 saturated heterocycles. The summed E-state index contributed by atoms with van der Waals surface area (Å²) >= 11 is 0.